The maximum Gasteiger partial charge on any atom is 0.335 e. The predicted molar refractivity (Wildman–Crippen MR) is 77.4 cm³/mol. The Kier molecular flexibility index (Phi) is 3.41. The minimum atomic E-state index is -0.941. The molecule has 0 bridgehead atoms. The van der Waals surface area contributed by atoms with E-state index in [1.54, 1.807) is 25.1 Å². The Hall–Kier alpha value is -2.30. The first kappa shape index (κ1) is 13.7. The molecule has 0 unspecified atom stereocenters. The van der Waals surface area contributed by atoms with E-state index in [1.165, 1.54) is 0 Å². The summed E-state index contributed by atoms with van der Waals surface area (Å²) in [6, 6.07) is 4.59. The van der Waals surface area contributed by atoms with Gasteiger partial charge in [0, 0.05) is 17.5 Å². The van der Waals surface area contributed by atoms with Crippen LogP contribution in [-0.4, -0.2) is 29.7 Å². The van der Waals surface area contributed by atoms with E-state index in [4.69, 9.17) is 9.84 Å². The number of hydrogen-bond donors (Lipinski definition) is 2. The zero-order valence-corrected chi connectivity index (χ0v) is 11.7. The first-order chi connectivity index (χ1) is 10.1. The van der Waals surface area contributed by atoms with Crippen LogP contribution in [0.2, 0.25) is 0 Å². The van der Waals surface area contributed by atoms with E-state index in [2.05, 4.69) is 11.4 Å². The summed E-state index contributed by atoms with van der Waals surface area (Å²) in [5, 5.41) is 12.3. The van der Waals surface area contributed by atoms with Crippen LogP contribution in [0, 0.1) is 5.92 Å². The molecule has 2 aliphatic rings. The molecule has 1 aromatic carbocycles. The van der Waals surface area contributed by atoms with E-state index < -0.39 is 5.97 Å². The van der Waals surface area contributed by atoms with Crippen LogP contribution >= 0.6 is 0 Å². The molecule has 0 amide bonds. The topological polar surface area (TPSA) is 75.6 Å². The Morgan fingerprint density at radius 1 is 1.43 bits per heavy atom. The normalized spacial score (nSPS) is 25.7. The van der Waals surface area contributed by atoms with Crippen LogP contribution in [-0.2, 0) is 9.53 Å². The third-order valence-corrected chi connectivity index (χ3v) is 4.15. The zero-order chi connectivity index (χ0) is 15.0. The van der Waals surface area contributed by atoms with Gasteiger partial charge in [-0.25, -0.2) is 9.59 Å². The van der Waals surface area contributed by atoms with E-state index in [0.29, 0.717) is 6.61 Å². The highest BCUT2D eigenvalue weighted by atomic mass is 16.5. The second kappa shape index (κ2) is 5.24. The predicted octanol–water partition coefficient (Wildman–Crippen LogP) is 2.40. The molecule has 0 saturated carbocycles. The van der Waals surface area contributed by atoms with Crippen molar-refractivity contribution in [3.8, 4) is 0 Å². The number of carbonyl (C=O) groups excluding carboxylic acids is 1. The fourth-order valence-electron chi connectivity index (χ4n) is 3.19. The summed E-state index contributed by atoms with van der Waals surface area (Å²) >= 11 is 0. The molecule has 1 aliphatic heterocycles. The van der Waals surface area contributed by atoms with Crippen molar-refractivity contribution < 1.29 is 19.4 Å². The van der Waals surface area contributed by atoms with Crippen molar-refractivity contribution in [2.24, 2.45) is 5.92 Å². The van der Waals surface area contributed by atoms with Crippen molar-refractivity contribution in [2.75, 3.05) is 11.9 Å². The Labute approximate surface area is 122 Å². The van der Waals surface area contributed by atoms with E-state index in [-0.39, 0.29) is 29.4 Å². The summed E-state index contributed by atoms with van der Waals surface area (Å²) in [6.07, 6.45) is 4.89. The van der Waals surface area contributed by atoms with Crippen LogP contribution in [0.1, 0.15) is 35.2 Å². The largest absolute Gasteiger partial charge is 0.478 e. The Bertz CT molecular complexity index is 623. The molecule has 5 nitrogen and oxygen atoms in total. The summed E-state index contributed by atoms with van der Waals surface area (Å²) in [4.78, 5) is 23.2. The second-order valence-electron chi connectivity index (χ2n) is 5.33. The van der Waals surface area contributed by atoms with Gasteiger partial charge in [0.25, 0.3) is 0 Å². The maximum absolute atomic E-state index is 12.1. The SMILES string of the molecule is CCOC(=O)[C@@H]1Nc2ccc(C(=O)O)cc2[C@@H]2C=CC[C@H]12. The first-order valence-corrected chi connectivity index (χ1v) is 7.09. The molecule has 1 aromatic rings. The molecule has 1 heterocycles. The number of hydrogen-bond acceptors (Lipinski definition) is 4. The number of aromatic carboxylic acids is 1. The Morgan fingerprint density at radius 2 is 2.24 bits per heavy atom. The Balaban J connectivity index is 1.98. The lowest BCUT2D eigenvalue weighted by molar-refractivity contribution is -0.145. The van der Waals surface area contributed by atoms with E-state index in [0.717, 1.165) is 17.7 Å². The number of anilines is 1. The molecule has 0 fully saturated rings. The number of rotatable bonds is 3. The average Bonchev–Trinajstić information content (AvgIpc) is 2.95. The van der Waals surface area contributed by atoms with Gasteiger partial charge in [0.1, 0.15) is 6.04 Å². The van der Waals surface area contributed by atoms with Crippen LogP contribution in [0.4, 0.5) is 5.69 Å². The van der Waals surface area contributed by atoms with Crippen molar-refractivity contribution >= 4 is 17.6 Å². The van der Waals surface area contributed by atoms with E-state index in [9.17, 15) is 9.59 Å². The van der Waals surface area contributed by atoms with Gasteiger partial charge in [-0.2, -0.15) is 0 Å². The third kappa shape index (κ3) is 2.28. The van der Waals surface area contributed by atoms with Gasteiger partial charge in [-0.05, 0) is 37.1 Å². The van der Waals surface area contributed by atoms with Gasteiger partial charge in [0.2, 0.25) is 0 Å². The van der Waals surface area contributed by atoms with Crippen LogP contribution < -0.4 is 5.32 Å². The average molecular weight is 287 g/mol. The fraction of sp³-hybridized carbons (Fsp3) is 0.375. The number of carboxylic acids is 1. The molecule has 0 saturated heterocycles. The number of ether oxygens (including phenoxy) is 1. The highest BCUT2D eigenvalue weighted by molar-refractivity contribution is 5.89. The summed E-state index contributed by atoms with van der Waals surface area (Å²) in [6.45, 7) is 2.14. The van der Waals surface area contributed by atoms with Crippen molar-refractivity contribution in [1.29, 1.82) is 0 Å². The number of esters is 1. The number of carboxylic acid groups (broad SMARTS) is 1. The van der Waals surface area contributed by atoms with Gasteiger partial charge in [0.15, 0.2) is 0 Å². The molecule has 3 atom stereocenters. The molecule has 0 radical (unpaired) electrons. The highest BCUT2D eigenvalue weighted by Crippen LogP contribution is 2.45. The van der Waals surface area contributed by atoms with Gasteiger partial charge in [-0.3, -0.25) is 0 Å². The highest BCUT2D eigenvalue weighted by Gasteiger charge is 2.41. The van der Waals surface area contributed by atoms with Crippen LogP contribution in [0.25, 0.3) is 0 Å². The number of allylic oxidation sites excluding steroid dienone is 2. The van der Waals surface area contributed by atoms with Gasteiger partial charge < -0.3 is 15.2 Å². The first-order valence-electron chi connectivity index (χ1n) is 7.09. The number of nitrogens with one attached hydrogen (secondary N) is 1. The molecule has 21 heavy (non-hydrogen) atoms. The monoisotopic (exact) mass is 287 g/mol. The van der Waals surface area contributed by atoms with Gasteiger partial charge in [-0.15, -0.1) is 0 Å². The smallest absolute Gasteiger partial charge is 0.335 e. The van der Waals surface area contributed by atoms with Crippen LogP contribution in [0.5, 0.6) is 0 Å². The standard InChI is InChI=1S/C16H17NO4/c1-2-21-16(20)14-11-5-3-4-10(11)12-8-9(15(18)19)6-7-13(12)17-14/h3-4,6-8,10-11,14,17H,2,5H2,1H3,(H,18,19)/t10-,11+,14-/m1/s1. The summed E-state index contributed by atoms with van der Waals surface area (Å²) < 4.78 is 5.14. The minimum absolute atomic E-state index is 0.0648. The van der Waals surface area contributed by atoms with Gasteiger partial charge in [0.05, 0.1) is 12.2 Å². The van der Waals surface area contributed by atoms with Crippen molar-refractivity contribution in [3.63, 3.8) is 0 Å². The van der Waals surface area contributed by atoms with Crippen molar-refractivity contribution in [1.82, 2.24) is 0 Å². The second-order valence-corrected chi connectivity index (χ2v) is 5.33. The number of carbonyl (C=O) groups is 2. The molecule has 110 valence electrons. The van der Waals surface area contributed by atoms with Gasteiger partial charge in [-0.1, -0.05) is 12.2 Å². The minimum Gasteiger partial charge on any atom is -0.478 e. The molecule has 0 aromatic heterocycles. The zero-order valence-electron chi connectivity index (χ0n) is 11.7. The lowest BCUT2D eigenvalue weighted by Gasteiger charge is -2.35. The molecule has 3 rings (SSSR count). The lowest BCUT2D eigenvalue weighted by Crippen LogP contribution is -2.43. The maximum atomic E-state index is 12.1. The quantitative estimate of drug-likeness (QED) is 0.659. The summed E-state index contributed by atoms with van der Waals surface area (Å²) in [5.41, 5.74) is 2.02. The number of fused-ring (bicyclic) bond motifs is 3. The summed E-state index contributed by atoms with van der Waals surface area (Å²) in [5.74, 6) is -1.04. The van der Waals surface area contributed by atoms with Crippen LogP contribution in [0.15, 0.2) is 30.4 Å². The van der Waals surface area contributed by atoms with Crippen molar-refractivity contribution in [2.45, 2.75) is 25.3 Å². The van der Waals surface area contributed by atoms with Gasteiger partial charge >= 0.3 is 11.9 Å². The third-order valence-electron chi connectivity index (χ3n) is 4.15. The van der Waals surface area contributed by atoms with Crippen LogP contribution in [0.3, 0.4) is 0 Å². The molecular formula is C16H17NO4. The van der Waals surface area contributed by atoms with E-state index in [1.807, 2.05) is 6.08 Å². The summed E-state index contributed by atoms with van der Waals surface area (Å²) in [7, 11) is 0. The molecule has 1 aliphatic carbocycles. The molecular weight excluding hydrogens is 270 g/mol. The molecule has 0 spiro atoms. The molecule has 5 heteroatoms. The van der Waals surface area contributed by atoms with E-state index >= 15 is 0 Å². The fourth-order valence-corrected chi connectivity index (χ4v) is 3.19. The number of benzene rings is 1. The molecule has 2 N–H and O–H groups in total. The Morgan fingerprint density at radius 3 is 2.95 bits per heavy atom. The van der Waals surface area contributed by atoms with Crippen molar-refractivity contribution in [3.05, 3.63) is 41.5 Å². The lowest BCUT2D eigenvalue weighted by atomic mass is 9.79.